The van der Waals surface area contributed by atoms with E-state index in [9.17, 15) is 0 Å². The molecular weight excluding hydrogens is 212 g/mol. The third-order valence-electron chi connectivity index (χ3n) is 2.99. The summed E-state index contributed by atoms with van der Waals surface area (Å²) >= 11 is 4.21. The lowest BCUT2D eigenvalue weighted by atomic mass is 10.1. The minimum Gasteiger partial charge on any atom is -0.295 e. The zero-order chi connectivity index (χ0) is 10.6. The van der Waals surface area contributed by atoms with E-state index in [2.05, 4.69) is 42.2 Å². The highest BCUT2D eigenvalue weighted by Crippen LogP contribution is 2.18. The second-order valence-electron chi connectivity index (χ2n) is 4.23. The van der Waals surface area contributed by atoms with Gasteiger partial charge in [0, 0.05) is 31.7 Å². The molecule has 84 valence electrons. The fourth-order valence-electron chi connectivity index (χ4n) is 2.18. The van der Waals surface area contributed by atoms with Crippen LogP contribution in [0, 0.1) is 0 Å². The van der Waals surface area contributed by atoms with E-state index in [-0.39, 0.29) is 0 Å². The Kier molecular flexibility index (Phi) is 5.67. The molecule has 0 aromatic rings. The SMILES string of the molecule is CCC1CN(CSS)CCN1C(C)C. The van der Waals surface area contributed by atoms with Crippen molar-refractivity contribution in [3.05, 3.63) is 0 Å². The molecule has 0 aliphatic carbocycles. The average Bonchev–Trinajstić information content (AvgIpc) is 2.17. The Balaban J connectivity index is 2.46. The van der Waals surface area contributed by atoms with Gasteiger partial charge in [0.15, 0.2) is 0 Å². The number of thiol groups is 1. The van der Waals surface area contributed by atoms with Gasteiger partial charge >= 0.3 is 0 Å². The second-order valence-corrected chi connectivity index (χ2v) is 5.52. The van der Waals surface area contributed by atoms with Crippen LogP contribution in [0.15, 0.2) is 0 Å². The summed E-state index contributed by atoms with van der Waals surface area (Å²) in [5, 5.41) is 0. The van der Waals surface area contributed by atoms with E-state index in [0.29, 0.717) is 6.04 Å². The van der Waals surface area contributed by atoms with Gasteiger partial charge < -0.3 is 0 Å². The molecular formula is C10H22N2S2. The highest BCUT2D eigenvalue weighted by atomic mass is 33.1. The summed E-state index contributed by atoms with van der Waals surface area (Å²) in [7, 11) is 1.63. The van der Waals surface area contributed by atoms with E-state index in [0.717, 1.165) is 11.9 Å². The molecule has 1 rings (SSSR count). The topological polar surface area (TPSA) is 6.48 Å². The minimum absolute atomic E-state index is 0.686. The Bertz CT molecular complexity index is 164. The number of hydrogen-bond donors (Lipinski definition) is 1. The number of piperazine rings is 1. The maximum atomic E-state index is 4.21. The van der Waals surface area contributed by atoms with Gasteiger partial charge in [0.1, 0.15) is 0 Å². The fourth-order valence-corrected chi connectivity index (χ4v) is 3.06. The van der Waals surface area contributed by atoms with E-state index >= 15 is 0 Å². The monoisotopic (exact) mass is 234 g/mol. The molecule has 1 fully saturated rings. The first kappa shape index (κ1) is 12.7. The van der Waals surface area contributed by atoms with Crippen LogP contribution in [-0.4, -0.2) is 47.4 Å². The Morgan fingerprint density at radius 1 is 1.43 bits per heavy atom. The number of nitrogens with zero attached hydrogens (tertiary/aromatic N) is 2. The Morgan fingerprint density at radius 2 is 2.14 bits per heavy atom. The first-order valence-electron chi connectivity index (χ1n) is 5.43. The Morgan fingerprint density at radius 3 is 2.64 bits per heavy atom. The molecule has 0 aromatic heterocycles. The normalized spacial score (nSPS) is 25.9. The van der Waals surface area contributed by atoms with Crippen molar-refractivity contribution in [1.29, 1.82) is 0 Å². The lowest BCUT2D eigenvalue weighted by Gasteiger charge is -2.43. The standard InChI is InChI=1S/C10H22N2S2/c1-4-10-7-11(8-14-13)5-6-12(10)9(2)3/h9-10,13H,4-8H2,1-3H3. The smallest absolute Gasteiger partial charge is 0.0547 e. The lowest BCUT2D eigenvalue weighted by molar-refractivity contribution is 0.0594. The average molecular weight is 234 g/mol. The van der Waals surface area contributed by atoms with Crippen molar-refractivity contribution in [2.24, 2.45) is 0 Å². The molecule has 2 nitrogen and oxygen atoms in total. The molecule has 0 aromatic carbocycles. The van der Waals surface area contributed by atoms with E-state index in [1.165, 1.54) is 26.1 Å². The molecule has 1 aliphatic heterocycles. The van der Waals surface area contributed by atoms with Crippen LogP contribution < -0.4 is 0 Å². The molecule has 1 saturated heterocycles. The summed E-state index contributed by atoms with van der Waals surface area (Å²) in [6, 6.07) is 1.43. The molecule has 0 amide bonds. The largest absolute Gasteiger partial charge is 0.295 e. The molecule has 0 N–H and O–H groups in total. The first-order chi connectivity index (χ1) is 6.69. The molecule has 1 aliphatic rings. The number of rotatable bonds is 4. The summed E-state index contributed by atoms with van der Waals surface area (Å²) in [5.41, 5.74) is 0. The van der Waals surface area contributed by atoms with Crippen LogP contribution in [0.4, 0.5) is 0 Å². The van der Waals surface area contributed by atoms with Crippen molar-refractivity contribution in [2.75, 3.05) is 25.5 Å². The molecule has 0 saturated carbocycles. The van der Waals surface area contributed by atoms with Crippen molar-refractivity contribution in [3.8, 4) is 0 Å². The predicted octanol–water partition coefficient (Wildman–Crippen LogP) is 2.33. The van der Waals surface area contributed by atoms with Crippen LogP contribution in [-0.2, 0) is 0 Å². The van der Waals surface area contributed by atoms with Gasteiger partial charge in [-0.3, -0.25) is 9.80 Å². The highest BCUT2D eigenvalue weighted by molar-refractivity contribution is 8.68. The van der Waals surface area contributed by atoms with E-state index < -0.39 is 0 Å². The minimum atomic E-state index is 0.686. The first-order valence-corrected chi connectivity index (χ1v) is 7.47. The quantitative estimate of drug-likeness (QED) is 0.589. The summed E-state index contributed by atoms with van der Waals surface area (Å²) in [5.74, 6) is 1.06. The summed E-state index contributed by atoms with van der Waals surface area (Å²) in [6.45, 7) is 10.5. The number of hydrogen-bond acceptors (Lipinski definition) is 4. The highest BCUT2D eigenvalue weighted by Gasteiger charge is 2.26. The van der Waals surface area contributed by atoms with E-state index in [1.54, 1.807) is 10.8 Å². The third kappa shape index (κ3) is 3.33. The zero-order valence-electron chi connectivity index (χ0n) is 9.44. The fraction of sp³-hybridized carbons (Fsp3) is 1.00. The van der Waals surface area contributed by atoms with Gasteiger partial charge in [-0.25, -0.2) is 0 Å². The molecule has 4 heteroatoms. The van der Waals surface area contributed by atoms with Crippen molar-refractivity contribution >= 4 is 22.5 Å². The van der Waals surface area contributed by atoms with Gasteiger partial charge in [0.25, 0.3) is 0 Å². The van der Waals surface area contributed by atoms with E-state index in [1.807, 2.05) is 0 Å². The van der Waals surface area contributed by atoms with Gasteiger partial charge in [-0.1, -0.05) is 17.7 Å². The van der Waals surface area contributed by atoms with Crippen LogP contribution >= 0.6 is 22.5 Å². The van der Waals surface area contributed by atoms with Crippen molar-refractivity contribution in [3.63, 3.8) is 0 Å². The van der Waals surface area contributed by atoms with E-state index in [4.69, 9.17) is 0 Å². The Labute approximate surface area is 97.2 Å². The van der Waals surface area contributed by atoms with Gasteiger partial charge in [-0.15, -0.1) is 11.7 Å². The lowest BCUT2D eigenvalue weighted by Crippen LogP contribution is -2.54. The van der Waals surface area contributed by atoms with Gasteiger partial charge in [0.05, 0.1) is 5.88 Å². The van der Waals surface area contributed by atoms with Gasteiger partial charge in [0.2, 0.25) is 0 Å². The Hall–Kier alpha value is 0.620. The maximum Gasteiger partial charge on any atom is 0.0547 e. The predicted molar refractivity (Wildman–Crippen MR) is 68.9 cm³/mol. The molecule has 1 atom stereocenters. The van der Waals surface area contributed by atoms with Crippen molar-refractivity contribution in [2.45, 2.75) is 39.3 Å². The van der Waals surface area contributed by atoms with Crippen LogP contribution in [0.25, 0.3) is 0 Å². The second kappa shape index (κ2) is 6.26. The molecule has 14 heavy (non-hydrogen) atoms. The van der Waals surface area contributed by atoms with Crippen LogP contribution in [0.2, 0.25) is 0 Å². The molecule has 1 heterocycles. The summed E-state index contributed by atoms with van der Waals surface area (Å²) in [6.07, 6.45) is 1.26. The molecule has 0 bridgehead atoms. The third-order valence-corrected chi connectivity index (χ3v) is 3.81. The summed E-state index contributed by atoms with van der Waals surface area (Å²) < 4.78 is 0. The maximum absolute atomic E-state index is 4.21. The van der Waals surface area contributed by atoms with Crippen LogP contribution in [0.3, 0.4) is 0 Å². The summed E-state index contributed by atoms with van der Waals surface area (Å²) in [4.78, 5) is 5.13. The van der Waals surface area contributed by atoms with Crippen LogP contribution in [0.5, 0.6) is 0 Å². The molecule has 1 unspecified atom stereocenters. The molecule has 0 spiro atoms. The zero-order valence-corrected chi connectivity index (χ0v) is 11.2. The van der Waals surface area contributed by atoms with Crippen LogP contribution in [0.1, 0.15) is 27.2 Å². The van der Waals surface area contributed by atoms with Gasteiger partial charge in [-0.2, -0.15) is 0 Å². The van der Waals surface area contributed by atoms with Crippen molar-refractivity contribution in [1.82, 2.24) is 9.80 Å². The van der Waals surface area contributed by atoms with Gasteiger partial charge in [-0.05, 0) is 20.3 Å². The molecule has 0 radical (unpaired) electrons. The van der Waals surface area contributed by atoms with Crippen molar-refractivity contribution < 1.29 is 0 Å².